The van der Waals surface area contributed by atoms with Crippen molar-refractivity contribution >= 4 is 21.5 Å². The maximum atomic E-state index is 11.7. The van der Waals surface area contributed by atoms with E-state index >= 15 is 0 Å². The van der Waals surface area contributed by atoms with Gasteiger partial charge < -0.3 is 5.32 Å². The van der Waals surface area contributed by atoms with E-state index in [0.29, 0.717) is 19.5 Å². The monoisotopic (exact) mass is 316 g/mol. The summed E-state index contributed by atoms with van der Waals surface area (Å²) in [5, 5.41) is 3.28. The predicted octanol–water partition coefficient (Wildman–Crippen LogP) is 2.25. The molecule has 1 aliphatic rings. The fourth-order valence-electron chi connectivity index (χ4n) is 2.56. The lowest BCUT2D eigenvalue weighted by Crippen LogP contribution is -2.35. The molecule has 1 aliphatic heterocycles. The molecule has 0 unspecified atom stereocenters. The maximum absolute atomic E-state index is 11.7. The highest BCUT2D eigenvalue weighted by molar-refractivity contribution is 7.88. The first kappa shape index (κ1) is 15.0. The molecule has 0 amide bonds. The second-order valence-electron chi connectivity index (χ2n) is 5.55. The Morgan fingerprint density at radius 3 is 2.82 bits per heavy atom. The van der Waals surface area contributed by atoms with E-state index < -0.39 is 10.0 Å². The number of pyridine rings is 1. The minimum absolute atomic E-state index is 0.406. The molecule has 1 N–H and O–H groups in total. The Morgan fingerprint density at radius 2 is 2.14 bits per heavy atom. The number of aryl methyl sites for hydroxylation is 1. The molecular weight excluding hydrogens is 298 g/mol. The molecule has 5 nitrogen and oxygen atoms in total. The van der Waals surface area contributed by atoms with Gasteiger partial charge in [-0.05, 0) is 37.1 Å². The fourth-order valence-corrected chi connectivity index (χ4v) is 3.36. The number of nitrogens with zero attached hydrogens (tertiary/aromatic N) is 2. The van der Waals surface area contributed by atoms with Gasteiger partial charge in [0.2, 0.25) is 10.0 Å². The van der Waals surface area contributed by atoms with Crippen LogP contribution in [0.15, 0.2) is 30.5 Å². The number of anilines is 2. The highest BCUT2D eigenvalue weighted by Gasteiger charge is 2.25. The van der Waals surface area contributed by atoms with Crippen LogP contribution in [-0.4, -0.2) is 30.5 Å². The molecule has 0 atom stereocenters. The van der Waals surface area contributed by atoms with Crippen molar-refractivity contribution in [1.82, 2.24) is 9.29 Å². The van der Waals surface area contributed by atoms with Crippen molar-refractivity contribution < 1.29 is 8.42 Å². The quantitative estimate of drug-likeness (QED) is 0.943. The average Bonchev–Trinajstić information content (AvgIpc) is 2.48. The third kappa shape index (κ3) is 3.13. The maximum Gasteiger partial charge on any atom is 0.211 e. The molecule has 22 heavy (non-hydrogen) atoms. The number of hydrogen-bond donors (Lipinski definition) is 1. The van der Waals surface area contributed by atoms with Gasteiger partial charge in [-0.25, -0.2) is 13.4 Å². The van der Waals surface area contributed by atoms with Crippen LogP contribution in [0.25, 0.3) is 0 Å². The summed E-state index contributed by atoms with van der Waals surface area (Å²) in [6.45, 7) is 2.91. The lowest BCUT2D eigenvalue weighted by molar-refractivity contribution is 0.395. The summed E-state index contributed by atoms with van der Waals surface area (Å²) in [5.74, 6) is 0.783. The van der Waals surface area contributed by atoms with Gasteiger partial charge in [-0.3, -0.25) is 0 Å². The zero-order chi connectivity index (χ0) is 15.7. The second kappa shape index (κ2) is 5.70. The average molecular weight is 316 g/mol. The zero-order valence-corrected chi connectivity index (χ0v) is 13.4. The van der Waals surface area contributed by atoms with E-state index in [2.05, 4.69) is 16.4 Å². The molecule has 0 saturated carbocycles. The van der Waals surface area contributed by atoms with Crippen molar-refractivity contribution in [1.29, 1.82) is 0 Å². The van der Waals surface area contributed by atoms with Gasteiger partial charge >= 0.3 is 0 Å². The summed E-state index contributed by atoms with van der Waals surface area (Å²) in [6, 6.07) is 10.9. The Hall–Kier alpha value is -1.92. The first-order chi connectivity index (χ1) is 10.4. The molecule has 1 aromatic carbocycles. The molecule has 2 aromatic rings. The SMILES string of the molecule is Cc1c[c]c(Nc2nccc3c2CCN(S(C)(=O)=O)C3)cc1. The van der Waals surface area contributed by atoms with E-state index in [1.54, 1.807) is 6.20 Å². The van der Waals surface area contributed by atoms with E-state index in [9.17, 15) is 8.42 Å². The minimum Gasteiger partial charge on any atom is -0.339 e. The van der Waals surface area contributed by atoms with Crippen LogP contribution in [-0.2, 0) is 23.0 Å². The van der Waals surface area contributed by atoms with E-state index in [4.69, 9.17) is 0 Å². The van der Waals surface area contributed by atoms with Crippen LogP contribution < -0.4 is 5.32 Å². The second-order valence-corrected chi connectivity index (χ2v) is 7.53. The van der Waals surface area contributed by atoms with Gasteiger partial charge in [-0.15, -0.1) is 0 Å². The molecule has 0 spiro atoms. The summed E-state index contributed by atoms with van der Waals surface area (Å²) in [6.07, 6.45) is 3.62. The number of nitrogens with one attached hydrogen (secondary N) is 1. The Balaban J connectivity index is 1.88. The van der Waals surface area contributed by atoms with Crippen molar-refractivity contribution in [2.75, 3.05) is 18.1 Å². The van der Waals surface area contributed by atoms with Crippen LogP contribution >= 0.6 is 0 Å². The highest BCUT2D eigenvalue weighted by Crippen LogP contribution is 2.27. The number of sulfonamides is 1. The number of aromatic nitrogens is 1. The van der Waals surface area contributed by atoms with Crippen molar-refractivity contribution in [3.05, 3.63) is 53.2 Å². The number of rotatable bonds is 3. The van der Waals surface area contributed by atoms with E-state index in [1.165, 1.54) is 10.6 Å². The fraction of sp³-hybridized carbons (Fsp3) is 0.312. The first-order valence-electron chi connectivity index (χ1n) is 7.11. The van der Waals surface area contributed by atoms with Crippen LogP contribution in [0.3, 0.4) is 0 Å². The van der Waals surface area contributed by atoms with Crippen molar-refractivity contribution in [3.63, 3.8) is 0 Å². The summed E-state index contributed by atoms with van der Waals surface area (Å²) < 4.78 is 24.9. The largest absolute Gasteiger partial charge is 0.339 e. The molecule has 115 valence electrons. The summed E-state index contributed by atoms with van der Waals surface area (Å²) in [4.78, 5) is 4.40. The van der Waals surface area contributed by atoms with Crippen molar-refractivity contribution in [2.45, 2.75) is 19.9 Å². The van der Waals surface area contributed by atoms with Gasteiger partial charge in [0.15, 0.2) is 0 Å². The topological polar surface area (TPSA) is 62.3 Å². The van der Waals surface area contributed by atoms with E-state index in [1.807, 2.05) is 31.2 Å². The molecule has 0 aliphatic carbocycles. The molecule has 0 bridgehead atoms. The van der Waals surface area contributed by atoms with Crippen LogP contribution in [0.1, 0.15) is 16.7 Å². The van der Waals surface area contributed by atoms with Gasteiger partial charge in [0.25, 0.3) is 0 Å². The normalized spacial score (nSPS) is 15.4. The highest BCUT2D eigenvalue weighted by atomic mass is 32.2. The number of hydrogen-bond acceptors (Lipinski definition) is 4. The molecule has 3 rings (SSSR count). The standard InChI is InChI=1S/C16H18N3O2S/c1-12-3-5-14(6-4-12)18-16-15-8-10-19(22(2,20)21)11-13(15)7-9-17-16/h3-5,7,9H,8,10-11H2,1-2H3,(H,17,18). The lowest BCUT2D eigenvalue weighted by atomic mass is 10.0. The van der Waals surface area contributed by atoms with Gasteiger partial charge in [-0.1, -0.05) is 11.6 Å². The van der Waals surface area contributed by atoms with Crippen LogP contribution in [0.2, 0.25) is 0 Å². The van der Waals surface area contributed by atoms with Gasteiger partial charge in [-0.2, -0.15) is 4.31 Å². The third-order valence-electron chi connectivity index (χ3n) is 3.80. The summed E-state index contributed by atoms with van der Waals surface area (Å²) in [7, 11) is -3.16. The van der Waals surface area contributed by atoms with Gasteiger partial charge in [0.1, 0.15) is 5.82 Å². The molecule has 2 heterocycles. The Bertz CT molecular complexity index is 786. The molecule has 1 aromatic heterocycles. The van der Waals surface area contributed by atoms with Crippen molar-refractivity contribution in [3.8, 4) is 0 Å². The van der Waals surface area contributed by atoms with Crippen LogP contribution in [0.5, 0.6) is 0 Å². The zero-order valence-electron chi connectivity index (χ0n) is 12.6. The van der Waals surface area contributed by atoms with Gasteiger partial charge in [0, 0.05) is 36.6 Å². The molecule has 0 saturated heterocycles. The third-order valence-corrected chi connectivity index (χ3v) is 5.05. The Labute approximate surface area is 131 Å². The summed E-state index contributed by atoms with van der Waals surface area (Å²) >= 11 is 0. The summed E-state index contributed by atoms with van der Waals surface area (Å²) in [5.41, 5.74) is 4.09. The Morgan fingerprint density at radius 1 is 1.32 bits per heavy atom. The molecule has 6 heteroatoms. The first-order valence-corrected chi connectivity index (χ1v) is 8.95. The Kier molecular flexibility index (Phi) is 3.88. The minimum atomic E-state index is -3.16. The predicted molar refractivity (Wildman–Crippen MR) is 86.5 cm³/mol. The van der Waals surface area contributed by atoms with Crippen molar-refractivity contribution in [2.24, 2.45) is 0 Å². The number of fused-ring (bicyclic) bond motifs is 1. The van der Waals surface area contributed by atoms with Crippen LogP contribution in [0, 0.1) is 13.0 Å². The molecular formula is C16H18N3O2S. The molecule has 1 radical (unpaired) electrons. The van der Waals surface area contributed by atoms with Crippen LogP contribution in [0.4, 0.5) is 11.5 Å². The lowest BCUT2D eigenvalue weighted by Gasteiger charge is -2.27. The smallest absolute Gasteiger partial charge is 0.211 e. The molecule has 0 fully saturated rings. The van der Waals surface area contributed by atoms with E-state index in [0.717, 1.165) is 28.2 Å². The number of benzene rings is 1. The van der Waals surface area contributed by atoms with E-state index in [-0.39, 0.29) is 0 Å². The van der Waals surface area contributed by atoms with Gasteiger partial charge in [0.05, 0.1) is 6.26 Å².